The summed E-state index contributed by atoms with van der Waals surface area (Å²) in [6.07, 6.45) is 13.0. The Morgan fingerprint density at radius 1 is 1.15 bits per heavy atom. The Kier molecular flexibility index (Phi) is 6.25. The Labute approximate surface area is 198 Å². The maximum Gasteiger partial charge on any atom is 0.135 e. The molecule has 1 aromatic carbocycles. The zero-order valence-corrected chi connectivity index (χ0v) is 19.4. The molecule has 2 aliphatic carbocycles. The minimum absolute atomic E-state index is 0.200. The van der Waals surface area contributed by atoms with Crippen LogP contribution in [0.15, 0.2) is 41.7 Å². The van der Waals surface area contributed by atoms with E-state index in [4.69, 9.17) is 23.1 Å². The van der Waals surface area contributed by atoms with Crippen molar-refractivity contribution in [2.75, 3.05) is 5.32 Å². The third-order valence-electron chi connectivity index (χ3n) is 6.98. The van der Waals surface area contributed by atoms with E-state index in [0.717, 1.165) is 30.5 Å². The normalized spacial score (nSPS) is 22.2. The number of hydrogen-bond donors (Lipinski definition) is 3. The van der Waals surface area contributed by atoms with Gasteiger partial charge in [0.1, 0.15) is 11.7 Å². The molecule has 3 aromatic rings. The molecule has 0 spiro atoms. The Morgan fingerprint density at radius 2 is 1.97 bits per heavy atom. The summed E-state index contributed by atoms with van der Waals surface area (Å²) in [4.78, 5) is 4.45. The minimum atomic E-state index is -0.415. The number of anilines is 1. The summed E-state index contributed by atoms with van der Waals surface area (Å²) in [6.45, 7) is 0. The number of aliphatic imine (C=N–C) groups is 1. The highest BCUT2D eigenvalue weighted by Gasteiger charge is 2.25. The molecule has 2 atom stereocenters. The van der Waals surface area contributed by atoms with Crippen molar-refractivity contribution in [2.45, 2.75) is 69.4 Å². The van der Waals surface area contributed by atoms with Crippen LogP contribution in [-0.2, 0) is 0 Å². The average Bonchev–Trinajstić information content (AvgIpc) is 3.43. The van der Waals surface area contributed by atoms with E-state index in [-0.39, 0.29) is 17.9 Å². The van der Waals surface area contributed by atoms with E-state index in [2.05, 4.69) is 27.7 Å². The van der Waals surface area contributed by atoms with Crippen LogP contribution in [0, 0.1) is 5.82 Å². The quantitative estimate of drug-likeness (QED) is 0.340. The first-order chi connectivity index (χ1) is 16.0. The number of aromatic nitrogens is 2. The van der Waals surface area contributed by atoms with E-state index in [1.165, 1.54) is 55.9 Å². The van der Waals surface area contributed by atoms with Crippen LogP contribution in [0.25, 0.3) is 5.52 Å². The zero-order valence-electron chi connectivity index (χ0n) is 18.6. The summed E-state index contributed by atoms with van der Waals surface area (Å²) in [5, 5.41) is 8.66. The fraction of sp³-hybridized carbons (Fsp3) is 0.440. The highest BCUT2D eigenvalue weighted by atomic mass is 35.5. The van der Waals surface area contributed by atoms with Crippen molar-refractivity contribution < 1.29 is 4.39 Å². The van der Waals surface area contributed by atoms with Gasteiger partial charge in [0.05, 0.1) is 33.7 Å². The summed E-state index contributed by atoms with van der Waals surface area (Å²) in [5.74, 6) is 0.387. The highest BCUT2D eigenvalue weighted by molar-refractivity contribution is 6.33. The fourth-order valence-corrected chi connectivity index (χ4v) is 5.35. The molecule has 2 saturated carbocycles. The van der Waals surface area contributed by atoms with E-state index < -0.39 is 5.82 Å². The second kappa shape index (κ2) is 9.31. The van der Waals surface area contributed by atoms with Gasteiger partial charge in [0, 0.05) is 24.3 Å². The van der Waals surface area contributed by atoms with E-state index in [0.29, 0.717) is 22.2 Å². The lowest BCUT2D eigenvalue weighted by Gasteiger charge is -2.20. The molecule has 0 unspecified atom stereocenters. The van der Waals surface area contributed by atoms with Crippen LogP contribution in [0.1, 0.15) is 68.4 Å². The lowest BCUT2D eigenvalue weighted by atomic mass is 9.85. The molecule has 2 fully saturated rings. The number of nitrogens with one attached hydrogen (secondary N) is 1. The standard InChI is InChI=1S/C25H30ClFN6/c26-21-9-6-17(27)11-22(21)32-25(29)20-13-30-33-14-16(15-4-2-1-3-5-15)10-23(33)24(20)31-19-8-7-18(28)12-19/h6,9-11,13-15,18-19,31H,1-5,7-8,12,28H2,(H2,29,32)/t18-,19+/m0/s1. The monoisotopic (exact) mass is 468 g/mol. The predicted octanol–water partition coefficient (Wildman–Crippen LogP) is 5.50. The van der Waals surface area contributed by atoms with Crippen LogP contribution in [-0.4, -0.2) is 27.5 Å². The average molecular weight is 469 g/mol. The number of benzene rings is 1. The van der Waals surface area contributed by atoms with Crippen molar-refractivity contribution in [1.82, 2.24) is 9.61 Å². The van der Waals surface area contributed by atoms with Crippen LogP contribution in [0.2, 0.25) is 5.02 Å². The van der Waals surface area contributed by atoms with Crippen molar-refractivity contribution >= 4 is 34.3 Å². The Balaban J connectivity index is 1.58. The number of nitrogens with two attached hydrogens (primary N) is 2. The largest absolute Gasteiger partial charge is 0.383 e. The molecule has 0 saturated heterocycles. The number of nitrogens with zero attached hydrogens (tertiary/aromatic N) is 3. The van der Waals surface area contributed by atoms with E-state index in [1.54, 1.807) is 6.20 Å². The van der Waals surface area contributed by atoms with E-state index >= 15 is 0 Å². The molecule has 0 aliphatic heterocycles. The third-order valence-corrected chi connectivity index (χ3v) is 7.30. The molecule has 5 N–H and O–H groups in total. The van der Waals surface area contributed by atoms with E-state index in [1.807, 2.05) is 4.52 Å². The van der Waals surface area contributed by atoms with Crippen LogP contribution in [0.3, 0.4) is 0 Å². The van der Waals surface area contributed by atoms with Crippen molar-refractivity contribution in [3.63, 3.8) is 0 Å². The molecule has 5 rings (SSSR count). The van der Waals surface area contributed by atoms with Gasteiger partial charge in [0.2, 0.25) is 0 Å². The van der Waals surface area contributed by atoms with Gasteiger partial charge in [0.15, 0.2) is 0 Å². The molecule has 8 heteroatoms. The molecule has 2 aromatic heterocycles. The van der Waals surface area contributed by atoms with Crippen molar-refractivity contribution in [1.29, 1.82) is 0 Å². The first-order valence-corrected chi connectivity index (χ1v) is 12.2. The smallest absolute Gasteiger partial charge is 0.135 e. The summed E-state index contributed by atoms with van der Waals surface area (Å²) in [6, 6.07) is 6.74. The SMILES string of the molecule is NC(=Nc1cc(F)ccc1Cl)c1cnn2cc(C3CCCCC3)cc2c1N[C@@H]1CC[C@H](N)C1. The van der Waals surface area contributed by atoms with Crippen LogP contribution in [0.5, 0.6) is 0 Å². The van der Waals surface area contributed by atoms with Gasteiger partial charge in [0.25, 0.3) is 0 Å². The Morgan fingerprint density at radius 3 is 2.73 bits per heavy atom. The van der Waals surface area contributed by atoms with Gasteiger partial charge in [-0.3, -0.25) is 0 Å². The third kappa shape index (κ3) is 4.70. The zero-order chi connectivity index (χ0) is 22.9. The Bertz CT molecular complexity index is 1180. The van der Waals surface area contributed by atoms with Crippen molar-refractivity contribution in [2.24, 2.45) is 16.5 Å². The number of halogens is 2. The van der Waals surface area contributed by atoms with Gasteiger partial charge in [-0.1, -0.05) is 30.9 Å². The molecule has 33 heavy (non-hydrogen) atoms. The molecule has 2 aliphatic rings. The maximum absolute atomic E-state index is 13.8. The summed E-state index contributed by atoms with van der Waals surface area (Å²) in [7, 11) is 0. The summed E-state index contributed by atoms with van der Waals surface area (Å²) in [5.41, 5.74) is 16.8. The molecular weight excluding hydrogens is 439 g/mol. The van der Waals surface area contributed by atoms with Crippen LogP contribution < -0.4 is 16.8 Å². The second-order valence-electron chi connectivity index (χ2n) is 9.38. The topological polar surface area (TPSA) is 93.7 Å². The van der Waals surface area contributed by atoms with Crippen LogP contribution >= 0.6 is 11.6 Å². The van der Waals surface area contributed by atoms with Crippen molar-refractivity contribution in [3.05, 3.63) is 58.6 Å². The van der Waals surface area contributed by atoms with Crippen molar-refractivity contribution in [3.8, 4) is 0 Å². The number of hydrogen-bond acceptors (Lipinski definition) is 4. The lowest BCUT2D eigenvalue weighted by molar-refractivity contribution is 0.443. The molecule has 174 valence electrons. The first kappa shape index (κ1) is 22.2. The molecule has 0 amide bonds. The van der Waals surface area contributed by atoms with Gasteiger partial charge in [-0.25, -0.2) is 13.9 Å². The number of rotatable bonds is 5. The fourth-order valence-electron chi connectivity index (χ4n) is 5.19. The molecule has 0 radical (unpaired) electrons. The molecule has 6 nitrogen and oxygen atoms in total. The lowest BCUT2D eigenvalue weighted by Crippen LogP contribution is -2.24. The first-order valence-electron chi connectivity index (χ1n) is 11.8. The molecular formula is C25H30ClFN6. The number of fused-ring (bicyclic) bond motifs is 1. The summed E-state index contributed by atoms with van der Waals surface area (Å²) < 4.78 is 15.7. The van der Waals surface area contributed by atoms with Gasteiger partial charge >= 0.3 is 0 Å². The predicted molar refractivity (Wildman–Crippen MR) is 132 cm³/mol. The maximum atomic E-state index is 13.8. The highest BCUT2D eigenvalue weighted by Crippen LogP contribution is 2.36. The van der Waals surface area contributed by atoms with Gasteiger partial charge in [-0.15, -0.1) is 0 Å². The summed E-state index contributed by atoms with van der Waals surface area (Å²) >= 11 is 6.23. The molecule has 2 heterocycles. The number of amidine groups is 1. The van der Waals surface area contributed by atoms with Gasteiger partial charge in [-0.2, -0.15) is 5.10 Å². The minimum Gasteiger partial charge on any atom is -0.383 e. The Hall–Kier alpha value is -2.64. The van der Waals surface area contributed by atoms with Gasteiger partial charge < -0.3 is 16.8 Å². The molecule has 0 bridgehead atoms. The second-order valence-corrected chi connectivity index (χ2v) is 9.79. The van der Waals surface area contributed by atoms with Gasteiger partial charge in [-0.05, 0) is 61.8 Å². The van der Waals surface area contributed by atoms with E-state index in [9.17, 15) is 4.39 Å². The van der Waals surface area contributed by atoms with Crippen LogP contribution in [0.4, 0.5) is 15.8 Å².